The molecule has 19 heavy (non-hydrogen) atoms. The summed E-state index contributed by atoms with van der Waals surface area (Å²) in [5.41, 5.74) is 7.41. The highest BCUT2D eigenvalue weighted by molar-refractivity contribution is 7.91. The van der Waals surface area contributed by atoms with Crippen molar-refractivity contribution in [2.75, 3.05) is 41.8 Å². The molecule has 1 fully saturated rings. The molecule has 0 saturated carbocycles. The van der Waals surface area contributed by atoms with E-state index in [4.69, 9.17) is 10.5 Å². The zero-order valence-electron chi connectivity index (χ0n) is 11.1. The minimum Gasteiger partial charge on any atom is -0.492 e. The number of ether oxygens (including phenoxy) is 1. The van der Waals surface area contributed by atoms with Crippen molar-refractivity contribution in [1.29, 1.82) is 0 Å². The number of hydrogen-bond acceptors (Lipinski definition) is 5. The number of nitrogen functional groups attached to an aromatic ring is 1. The zero-order valence-corrected chi connectivity index (χ0v) is 11.9. The molecular formula is C13H20N2O3S. The van der Waals surface area contributed by atoms with E-state index in [0.29, 0.717) is 31.0 Å². The Morgan fingerprint density at radius 2 is 2.11 bits per heavy atom. The Balaban J connectivity index is 2.19. The van der Waals surface area contributed by atoms with Crippen molar-refractivity contribution in [2.45, 2.75) is 13.3 Å². The van der Waals surface area contributed by atoms with Crippen LogP contribution < -0.4 is 15.4 Å². The molecule has 106 valence electrons. The normalized spacial score (nSPS) is 18.9. The van der Waals surface area contributed by atoms with Gasteiger partial charge in [-0.25, -0.2) is 8.42 Å². The monoisotopic (exact) mass is 284 g/mol. The fraction of sp³-hybridized carbons (Fsp3) is 0.538. The Kier molecular flexibility index (Phi) is 4.19. The molecule has 5 nitrogen and oxygen atoms in total. The van der Waals surface area contributed by atoms with Gasteiger partial charge in [0.05, 0.1) is 23.8 Å². The van der Waals surface area contributed by atoms with E-state index in [1.807, 2.05) is 19.1 Å². The van der Waals surface area contributed by atoms with Gasteiger partial charge < -0.3 is 15.4 Å². The van der Waals surface area contributed by atoms with Crippen molar-refractivity contribution >= 4 is 21.2 Å². The molecule has 6 heteroatoms. The van der Waals surface area contributed by atoms with Gasteiger partial charge in [-0.1, -0.05) is 0 Å². The van der Waals surface area contributed by atoms with E-state index in [1.165, 1.54) is 0 Å². The number of nitrogens with zero attached hydrogens (tertiary/aromatic N) is 1. The average Bonchev–Trinajstić information content (AvgIpc) is 2.53. The van der Waals surface area contributed by atoms with Gasteiger partial charge in [0.1, 0.15) is 5.75 Å². The highest BCUT2D eigenvalue weighted by atomic mass is 32.2. The summed E-state index contributed by atoms with van der Waals surface area (Å²) in [6.45, 7) is 3.74. The first-order chi connectivity index (χ1) is 9.02. The third-order valence-corrected chi connectivity index (χ3v) is 4.93. The lowest BCUT2D eigenvalue weighted by atomic mass is 10.2. The van der Waals surface area contributed by atoms with E-state index in [-0.39, 0.29) is 11.5 Å². The molecule has 1 aliphatic rings. The van der Waals surface area contributed by atoms with Gasteiger partial charge >= 0.3 is 0 Å². The number of anilines is 2. The van der Waals surface area contributed by atoms with Gasteiger partial charge in [-0.05, 0) is 25.5 Å². The summed E-state index contributed by atoms with van der Waals surface area (Å²) in [5.74, 6) is 1.14. The van der Waals surface area contributed by atoms with Gasteiger partial charge in [0.25, 0.3) is 0 Å². The summed E-state index contributed by atoms with van der Waals surface area (Å²) < 4.78 is 28.7. The molecule has 2 N–H and O–H groups in total. The molecule has 2 rings (SSSR count). The third kappa shape index (κ3) is 3.53. The predicted molar refractivity (Wildman–Crippen MR) is 77.5 cm³/mol. The van der Waals surface area contributed by atoms with Crippen LogP contribution in [0.5, 0.6) is 5.75 Å². The second-order valence-electron chi connectivity index (χ2n) is 4.65. The molecule has 0 bridgehead atoms. The highest BCUT2D eigenvalue weighted by Crippen LogP contribution is 2.28. The Morgan fingerprint density at radius 1 is 1.32 bits per heavy atom. The van der Waals surface area contributed by atoms with Crippen LogP contribution in [-0.4, -0.2) is 39.6 Å². The molecule has 1 aliphatic heterocycles. The van der Waals surface area contributed by atoms with Crippen molar-refractivity contribution in [2.24, 2.45) is 0 Å². The molecule has 1 saturated heterocycles. The quantitative estimate of drug-likeness (QED) is 0.847. The number of rotatable bonds is 3. The van der Waals surface area contributed by atoms with Crippen LogP contribution in [0.1, 0.15) is 13.3 Å². The van der Waals surface area contributed by atoms with Gasteiger partial charge in [0.2, 0.25) is 0 Å². The molecular weight excluding hydrogens is 264 g/mol. The first-order valence-corrected chi connectivity index (χ1v) is 8.31. The van der Waals surface area contributed by atoms with Crippen molar-refractivity contribution in [3.63, 3.8) is 0 Å². The van der Waals surface area contributed by atoms with Crippen LogP contribution in [0.3, 0.4) is 0 Å². The van der Waals surface area contributed by atoms with Crippen molar-refractivity contribution in [1.82, 2.24) is 0 Å². The van der Waals surface area contributed by atoms with Gasteiger partial charge in [-0.3, -0.25) is 0 Å². The summed E-state index contributed by atoms with van der Waals surface area (Å²) in [5, 5.41) is 0. The van der Waals surface area contributed by atoms with E-state index < -0.39 is 9.84 Å². The predicted octanol–water partition coefficient (Wildman–Crippen LogP) is 1.29. The van der Waals surface area contributed by atoms with Gasteiger partial charge in [-0.2, -0.15) is 0 Å². The number of sulfone groups is 1. The largest absolute Gasteiger partial charge is 0.492 e. The van der Waals surface area contributed by atoms with E-state index in [2.05, 4.69) is 4.90 Å². The fourth-order valence-corrected chi connectivity index (χ4v) is 3.47. The Morgan fingerprint density at radius 3 is 2.84 bits per heavy atom. The Bertz CT molecular complexity index is 543. The fourth-order valence-electron chi connectivity index (χ4n) is 2.20. The molecule has 0 aliphatic carbocycles. The van der Waals surface area contributed by atoms with Gasteiger partial charge in [0.15, 0.2) is 9.84 Å². The molecule has 1 heterocycles. The molecule has 0 unspecified atom stereocenters. The minimum atomic E-state index is -2.89. The van der Waals surface area contributed by atoms with E-state index in [0.717, 1.165) is 12.2 Å². The number of benzene rings is 1. The molecule has 0 radical (unpaired) electrons. The third-order valence-electron chi connectivity index (χ3n) is 3.22. The van der Waals surface area contributed by atoms with E-state index >= 15 is 0 Å². The zero-order chi connectivity index (χ0) is 13.9. The maximum Gasteiger partial charge on any atom is 0.152 e. The SMILES string of the molecule is CCOc1cc(N2CCCS(=O)(=O)CC2)ccc1N. The molecule has 1 aromatic carbocycles. The maximum atomic E-state index is 11.6. The lowest BCUT2D eigenvalue weighted by Crippen LogP contribution is -2.26. The number of nitrogens with two attached hydrogens (primary N) is 1. The van der Waals surface area contributed by atoms with Gasteiger partial charge in [-0.15, -0.1) is 0 Å². The van der Waals surface area contributed by atoms with Crippen LogP contribution in [-0.2, 0) is 9.84 Å². The van der Waals surface area contributed by atoms with Crippen LogP contribution in [0.2, 0.25) is 0 Å². The minimum absolute atomic E-state index is 0.210. The average molecular weight is 284 g/mol. The maximum absolute atomic E-state index is 11.6. The van der Waals surface area contributed by atoms with Crippen LogP contribution in [0.4, 0.5) is 11.4 Å². The van der Waals surface area contributed by atoms with Crippen LogP contribution >= 0.6 is 0 Å². The molecule has 0 atom stereocenters. The summed E-state index contributed by atoms with van der Waals surface area (Å²) in [6.07, 6.45) is 0.663. The smallest absolute Gasteiger partial charge is 0.152 e. The summed E-state index contributed by atoms with van der Waals surface area (Å²) in [4.78, 5) is 2.08. The molecule has 1 aromatic rings. The standard InChI is InChI=1S/C13H20N2O3S/c1-2-18-13-10-11(4-5-12(13)14)15-6-3-8-19(16,17)9-7-15/h4-5,10H,2-3,6-9,14H2,1H3. The van der Waals surface area contributed by atoms with E-state index in [9.17, 15) is 8.42 Å². The van der Waals surface area contributed by atoms with Crippen LogP contribution in [0.15, 0.2) is 18.2 Å². The van der Waals surface area contributed by atoms with Crippen LogP contribution in [0.25, 0.3) is 0 Å². The van der Waals surface area contributed by atoms with Crippen molar-refractivity contribution in [3.05, 3.63) is 18.2 Å². The second-order valence-corrected chi connectivity index (χ2v) is 6.95. The lowest BCUT2D eigenvalue weighted by molar-refractivity contribution is 0.342. The summed E-state index contributed by atoms with van der Waals surface area (Å²) >= 11 is 0. The highest BCUT2D eigenvalue weighted by Gasteiger charge is 2.19. The van der Waals surface area contributed by atoms with Gasteiger partial charge in [0, 0.05) is 24.8 Å². The molecule has 0 aromatic heterocycles. The first-order valence-electron chi connectivity index (χ1n) is 6.49. The topological polar surface area (TPSA) is 72.6 Å². The summed E-state index contributed by atoms with van der Waals surface area (Å²) in [7, 11) is -2.89. The van der Waals surface area contributed by atoms with Crippen LogP contribution in [0, 0.1) is 0 Å². The van der Waals surface area contributed by atoms with Crippen molar-refractivity contribution in [3.8, 4) is 5.75 Å². The molecule has 0 amide bonds. The summed E-state index contributed by atoms with van der Waals surface area (Å²) in [6, 6.07) is 5.60. The first kappa shape index (κ1) is 14.0. The Labute approximate surface area is 114 Å². The van der Waals surface area contributed by atoms with Crippen molar-refractivity contribution < 1.29 is 13.2 Å². The molecule has 0 spiro atoms. The lowest BCUT2D eigenvalue weighted by Gasteiger charge is -2.23. The number of hydrogen-bond donors (Lipinski definition) is 1. The Hall–Kier alpha value is -1.43. The second kappa shape index (κ2) is 5.69. The van der Waals surface area contributed by atoms with E-state index in [1.54, 1.807) is 6.07 Å².